The van der Waals surface area contributed by atoms with Crippen LogP contribution in [0.2, 0.25) is 0 Å². The van der Waals surface area contributed by atoms with Crippen LogP contribution in [0.3, 0.4) is 0 Å². The van der Waals surface area contributed by atoms with Crippen molar-refractivity contribution in [2.45, 2.75) is 26.2 Å². The fourth-order valence-electron chi connectivity index (χ4n) is 3.06. The normalized spacial score (nSPS) is 19.3. The van der Waals surface area contributed by atoms with E-state index in [9.17, 15) is 18.0 Å². The molecule has 128 valence electrons. The zero-order chi connectivity index (χ0) is 16.8. The van der Waals surface area contributed by atoms with Crippen molar-refractivity contribution in [1.82, 2.24) is 15.1 Å². The molecule has 0 aliphatic carbocycles. The molecule has 5 nitrogen and oxygen atoms in total. The molecule has 0 radical (unpaired) electrons. The summed E-state index contributed by atoms with van der Waals surface area (Å²) >= 11 is 1.58. The van der Waals surface area contributed by atoms with Crippen molar-refractivity contribution in [1.29, 1.82) is 0 Å². The molecule has 0 unspecified atom stereocenters. The minimum atomic E-state index is -4.20. The Labute approximate surface area is 136 Å². The second-order valence-electron chi connectivity index (χ2n) is 6.03. The molecular formula is C14H19F3N4OS. The smallest absolute Gasteiger partial charge is 0.353 e. The highest BCUT2D eigenvalue weighted by molar-refractivity contribution is 7.16. The van der Waals surface area contributed by atoms with E-state index >= 15 is 0 Å². The highest BCUT2D eigenvalue weighted by Gasteiger charge is 2.35. The number of alkyl halides is 3. The molecule has 1 saturated heterocycles. The van der Waals surface area contributed by atoms with E-state index in [4.69, 9.17) is 0 Å². The van der Waals surface area contributed by atoms with Gasteiger partial charge in [0.15, 0.2) is 0 Å². The van der Waals surface area contributed by atoms with Gasteiger partial charge in [0.05, 0.1) is 24.8 Å². The van der Waals surface area contributed by atoms with E-state index in [2.05, 4.69) is 5.32 Å². The number of rotatable bonds is 3. The van der Waals surface area contributed by atoms with Crippen molar-refractivity contribution in [2.24, 2.45) is 0 Å². The summed E-state index contributed by atoms with van der Waals surface area (Å²) in [7, 11) is 1.81. The Morgan fingerprint density at radius 3 is 2.70 bits per heavy atom. The zero-order valence-electron chi connectivity index (χ0n) is 13.0. The van der Waals surface area contributed by atoms with Gasteiger partial charge in [-0.2, -0.15) is 13.2 Å². The quantitative estimate of drug-likeness (QED) is 0.911. The van der Waals surface area contributed by atoms with E-state index in [1.807, 2.05) is 18.9 Å². The molecule has 9 heteroatoms. The first kappa shape index (κ1) is 16.4. The van der Waals surface area contributed by atoms with Gasteiger partial charge in [0, 0.05) is 37.1 Å². The van der Waals surface area contributed by atoms with Crippen LogP contribution in [0.15, 0.2) is 0 Å². The van der Waals surface area contributed by atoms with Crippen LogP contribution in [0.4, 0.5) is 23.0 Å². The van der Waals surface area contributed by atoms with E-state index in [1.165, 1.54) is 4.90 Å². The number of anilines is 1. The van der Waals surface area contributed by atoms with Crippen LogP contribution in [0.5, 0.6) is 0 Å². The third-order valence-electron chi connectivity index (χ3n) is 4.17. The van der Waals surface area contributed by atoms with Crippen LogP contribution in [0, 0.1) is 6.92 Å². The molecule has 3 rings (SSSR count). The largest absolute Gasteiger partial charge is 0.401 e. The van der Waals surface area contributed by atoms with Gasteiger partial charge in [0.25, 0.3) is 0 Å². The lowest BCUT2D eigenvalue weighted by atomic mass is 10.1. The predicted octanol–water partition coefficient (Wildman–Crippen LogP) is 2.35. The van der Waals surface area contributed by atoms with Crippen molar-refractivity contribution >= 4 is 22.4 Å². The Morgan fingerprint density at radius 2 is 2.09 bits per heavy atom. The summed E-state index contributed by atoms with van der Waals surface area (Å²) in [5, 5.41) is 3.77. The molecule has 2 aliphatic heterocycles. The first-order valence-corrected chi connectivity index (χ1v) is 8.20. The number of carbonyl (C=O) groups excluding carboxylic acids is 1. The predicted molar refractivity (Wildman–Crippen MR) is 82.6 cm³/mol. The maximum Gasteiger partial charge on any atom is 0.401 e. The van der Waals surface area contributed by atoms with E-state index in [-0.39, 0.29) is 12.7 Å². The van der Waals surface area contributed by atoms with Gasteiger partial charge in [-0.05, 0) is 12.5 Å². The number of nitrogens with one attached hydrogen (secondary N) is 1. The molecule has 0 bridgehead atoms. The molecule has 3 heterocycles. The molecular weight excluding hydrogens is 329 g/mol. The van der Waals surface area contributed by atoms with Gasteiger partial charge in [0.2, 0.25) is 0 Å². The van der Waals surface area contributed by atoms with Gasteiger partial charge < -0.3 is 15.1 Å². The Balaban J connectivity index is 1.80. The average Bonchev–Trinajstić information content (AvgIpc) is 2.95. The number of hydrogen-bond donors (Lipinski definition) is 1. The maximum atomic E-state index is 12.7. The Kier molecular flexibility index (Phi) is 4.18. The maximum absolute atomic E-state index is 12.7. The van der Waals surface area contributed by atoms with E-state index in [1.54, 1.807) is 16.2 Å². The van der Waals surface area contributed by atoms with Crippen molar-refractivity contribution < 1.29 is 18.0 Å². The molecule has 2 aliphatic rings. The summed E-state index contributed by atoms with van der Waals surface area (Å²) < 4.78 is 38.0. The number of thiophene rings is 1. The van der Waals surface area contributed by atoms with Crippen molar-refractivity contribution in [3.05, 3.63) is 16.0 Å². The zero-order valence-corrected chi connectivity index (χ0v) is 13.9. The summed E-state index contributed by atoms with van der Waals surface area (Å²) in [4.78, 5) is 17.7. The lowest BCUT2D eigenvalue weighted by molar-refractivity contribution is -0.147. The minimum Gasteiger partial charge on any atom is -0.353 e. The molecule has 23 heavy (non-hydrogen) atoms. The van der Waals surface area contributed by atoms with Crippen LogP contribution in [-0.4, -0.2) is 55.4 Å². The third kappa shape index (κ3) is 3.40. The summed E-state index contributed by atoms with van der Waals surface area (Å²) in [5.41, 5.74) is 1.95. The van der Waals surface area contributed by atoms with Crippen molar-refractivity contribution in [3.63, 3.8) is 0 Å². The Morgan fingerprint density at radius 1 is 1.35 bits per heavy atom. The van der Waals surface area contributed by atoms with Crippen molar-refractivity contribution in [2.75, 3.05) is 38.3 Å². The van der Waals surface area contributed by atoms with Crippen LogP contribution in [0.1, 0.15) is 16.0 Å². The number of carbonyl (C=O) groups is 1. The monoisotopic (exact) mass is 348 g/mol. The molecule has 0 aromatic carbocycles. The average molecular weight is 348 g/mol. The summed E-state index contributed by atoms with van der Waals surface area (Å²) in [6.45, 7) is 3.41. The molecule has 0 atom stereocenters. The van der Waals surface area contributed by atoms with Crippen LogP contribution in [0.25, 0.3) is 0 Å². The van der Waals surface area contributed by atoms with Crippen molar-refractivity contribution in [3.8, 4) is 0 Å². The molecule has 0 spiro atoms. The molecule has 1 fully saturated rings. The first-order valence-electron chi connectivity index (χ1n) is 7.39. The second kappa shape index (κ2) is 5.86. The van der Waals surface area contributed by atoms with Gasteiger partial charge in [-0.1, -0.05) is 0 Å². The number of fused-ring (bicyclic) bond motifs is 1. The molecule has 0 saturated carbocycles. The van der Waals surface area contributed by atoms with Crippen LogP contribution >= 0.6 is 11.3 Å². The van der Waals surface area contributed by atoms with Gasteiger partial charge >= 0.3 is 12.2 Å². The fraction of sp³-hybridized carbons (Fsp3) is 0.643. The minimum absolute atomic E-state index is 0.0807. The topological polar surface area (TPSA) is 38.8 Å². The second-order valence-corrected chi connectivity index (χ2v) is 7.11. The standard InChI is InChI=1S/C14H19F3N4OS/c1-9-10-5-20(7-14(15,16)17)8-19(2)12(10)23-11(9)6-21-4-3-18-13(21)22/h3-8H2,1-2H3,(H,18,22). The molecule has 1 N–H and O–H groups in total. The third-order valence-corrected chi connectivity index (χ3v) is 5.61. The molecule has 1 aromatic heterocycles. The number of amides is 2. The number of halogens is 3. The highest BCUT2D eigenvalue weighted by Crippen LogP contribution is 2.40. The molecule has 1 aromatic rings. The van der Waals surface area contributed by atoms with Gasteiger partial charge in [-0.15, -0.1) is 11.3 Å². The van der Waals surface area contributed by atoms with E-state index in [0.717, 1.165) is 21.0 Å². The Bertz CT molecular complexity index is 616. The highest BCUT2D eigenvalue weighted by atomic mass is 32.1. The number of hydrogen-bond acceptors (Lipinski definition) is 4. The summed E-state index contributed by atoms with van der Waals surface area (Å²) in [6, 6.07) is -0.0807. The number of nitrogens with zero attached hydrogens (tertiary/aromatic N) is 3. The van der Waals surface area contributed by atoms with Crippen LogP contribution < -0.4 is 10.2 Å². The van der Waals surface area contributed by atoms with Crippen LogP contribution in [-0.2, 0) is 13.1 Å². The number of urea groups is 1. The van der Waals surface area contributed by atoms with Gasteiger partial charge in [-0.25, -0.2) is 4.79 Å². The lowest BCUT2D eigenvalue weighted by Crippen LogP contribution is -2.44. The van der Waals surface area contributed by atoms with Gasteiger partial charge in [-0.3, -0.25) is 4.90 Å². The Hall–Kier alpha value is -1.48. The first-order chi connectivity index (χ1) is 10.7. The molecule has 2 amide bonds. The van der Waals surface area contributed by atoms with E-state index < -0.39 is 12.7 Å². The fourth-order valence-corrected chi connectivity index (χ4v) is 4.35. The van der Waals surface area contributed by atoms with Gasteiger partial charge in [0.1, 0.15) is 0 Å². The summed E-state index contributed by atoms with van der Waals surface area (Å²) in [6.07, 6.45) is -4.20. The van der Waals surface area contributed by atoms with E-state index in [0.29, 0.717) is 26.2 Å². The SMILES string of the molecule is Cc1c(CN2CCNC2=O)sc2c1CN(CC(F)(F)F)CN2C. The summed E-state index contributed by atoms with van der Waals surface area (Å²) in [5.74, 6) is 0. The lowest BCUT2D eigenvalue weighted by Gasteiger charge is -2.34.